The maximum atomic E-state index is 13.1. The molecule has 0 fully saturated rings. The Morgan fingerprint density at radius 3 is 2.71 bits per heavy atom. The number of carbonyl (C=O) groups is 1. The van der Waals surface area contributed by atoms with Crippen LogP contribution >= 0.6 is 15.9 Å². The molecule has 0 radical (unpaired) electrons. The molecule has 7 heteroatoms. The molecule has 1 atom stereocenters. The summed E-state index contributed by atoms with van der Waals surface area (Å²) in [6.45, 7) is 2.60. The fourth-order valence-corrected chi connectivity index (χ4v) is 2.62. The van der Waals surface area contributed by atoms with Gasteiger partial charge in [-0.3, -0.25) is 4.79 Å². The minimum atomic E-state index is -0.764. The summed E-state index contributed by atoms with van der Waals surface area (Å²) >= 11 is 3.21. The number of fused-ring (bicyclic) bond motifs is 1. The maximum absolute atomic E-state index is 13.1. The smallest absolute Gasteiger partial charge is 0.265 e. The van der Waals surface area contributed by atoms with E-state index in [0.29, 0.717) is 40.6 Å². The van der Waals surface area contributed by atoms with E-state index in [1.54, 1.807) is 25.1 Å². The summed E-state index contributed by atoms with van der Waals surface area (Å²) in [4.78, 5) is 12.3. The summed E-state index contributed by atoms with van der Waals surface area (Å²) < 4.78 is 30.0. The summed E-state index contributed by atoms with van der Waals surface area (Å²) in [5.74, 6) is 0.916. The third-order valence-electron chi connectivity index (χ3n) is 3.38. The van der Waals surface area contributed by atoms with E-state index < -0.39 is 6.10 Å². The van der Waals surface area contributed by atoms with Crippen molar-refractivity contribution in [3.8, 4) is 17.2 Å². The van der Waals surface area contributed by atoms with Gasteiger partial charge in [0.2, 0.25) is 0 Å². The van der Waals surface area contributed by atoms with Crippen molar-refractivity contribution in [2.75, 3.05) is 18.5 Å². The average molecular weight is 396 g/mol. The molecular formula is C17H15BrFNO4. The minimum Gasteiger partial charge on any atom is -0.486 e. The molecule has 1 heterocycles. The first kappa shape index (κ1) is 16.6. The van der Waals surface area contributed by atoms with E-state index in [4.69, 9.17) is 14.2 Å². The Bertz CT molecular complexity index is 768. The van der Waals surface area contributed by atoms with Crippen LogP contribution in [-0.4, -0.2) is 25.2 Å². The monoisotopic (exact) mass is 395 g/mol. The molecule has 5 nitrogen and oxygen atoms in total. The molecule has 0 aromatic heterocycles. The molecule has 0 spiro atoms. The molecule has 0 aliphatic carbocycles. The van der Waals surface area contributed by atoms with Crippen LogP contribution in [-0.2, 0) is 4.79 Å². The standard InChI is InChI=1S/C17H15BrFNO4/c1-10(24-14-4-2-11(19)8-13(14)18)17(21)20-12-3-5-15-16(9-12)23-7-6-22-15/h2-5,8-10H,6-7H2,1H3,(H,20,21). The molecule has 1 aliphatic heterocycles. The van der Waals surface area contributed by atoms with Crippen LogP contribution in [0.25, 0.3) is 0 Å². The maximum Gasteiger partial charge on any atom is 0.265 e. The normalized spacial score (nSPS) is 14.0. The van der Waals surface area contributed by atoms with Gasteiger partial charge < -0.3 is 19.5 Å². The van der Waals surface area contributed by atoms with E-state index in [1.165, 1.54) is 18.2 Å². The Morgan fingerprint density at radius 2 is 1.96 bits per heavy atom. The van der Waals surface area contributed by atoms with E-state index >= 15 is 0 Å². The molecule has 0 saturated carbocycles. The zero-order chi connectivity index (χ0) is 17.1. The first-order valence-electron chi connectivity index (χ1n) is 7.35. The van der Waals surface area contributed by atoms with Crippen LogP contribution < -0.4 is 19.5 Å². The molecular weight excluding hydrogens is 381 g/mol. The zero-order valence-electron chi connectivity index (χ0n) is 12.8. The topological polar surface area (TPSA) is 56.8 Å². The van der Waals surface area contributed by atoms with Gasteiger partial charge in [-0.15, -0.1) is 0 Å². The lowest BCUT2D eigenvalue weighted by molar-refractivity contribution is -0.122. The van der Waals surface area contributed by atoms with Gasteiger partial charge in [0.15, 0.2) is 17.6 Å². The quantitative estimate of drug-likeness (QED) is 0.855. The van der Waals surface area contributed by atoms with Crippen LogP contribution in [0.3, 0.4) is 0 Å². The number of rotatable bonds is 4. The Kier molecular flexibility index (Phi) is 4.89. The molecule has 126 valence electrons. The van der Waals surface area contributed by atoms with Gasteiger partial charge in [-0.25, -0.2) is 4.39 Å². The molecule has 1 amide bonds. The van der Waals surface area contributed by atoms with Crippen molar-refractivity contribution in [1.29, 1.82) is 0 Å². The highest BCUT2D eigenvalue weighted by Crippen LogP contribution is 2.32. The molecule has 3 rings (SSSR count). The number of carbonyl (C=O) groups excluding carboxylic acids is 1. The summed E-state index contributed by atoms with van der Waals surface area (Å²) in [6.07, 6.45) is -0.764. The summed E-state index contributed by atoms with van der Waals surface area (Å²) in [5, 5.41) is 2.75. The second-order valence-electron chi connectivity index (χ2n) is 5.18. The lowest BCUT2D eigenvalue weighted by atomic mass is 10.2. The largest absolute Gasteiger partial charge is 0.486 e. The van der Waals surface area contributed by atoms with E-state index in [1.807, 2.05) is 0 Å². The number of nitrogens with one attached hydrogen (secondary N) is 1. The Morgan fingerprint density at radius 1 is 1.21 bits per heavy atom. The third kappa shape index (κ3) is 3.79. The van der Waals surface area contributed by atoms with E-state index in [-0.39, 0.29) is 11.7 Å². The van der Waals surface area contributed by atoms with Gasteiger partial charge in [-0.05, 0) is 53.2 Å². The molecule has 1 unspecified atom stereocenters. The summed E-state index contributed by atoms with van der Waals surface area (Å²) in [7, 11) is 0. The van der Waals surface area contributed by atoms with Crippen LogP contribution in [0, 0.1) is 5.82 Å². The van der Waals surface area contributed by atoms with Crippen molar-refractivity contribution in [3.63, 3.8) is 0 Å². The SMILES string of the molecule is CC(Oc1ccc(F)cc1Br)C(=O)Nc1ccc2c(c1)OCCO2. The first-order chi connectivity index (χ1) is 11.5. The van der Waals surface area contributed by atoms with Crippen LogP contribution in [0.1, 0.15) is 6.92 Å². The first-order valence-corrected chi connectivity index (χ1v) is 8.14. The van der Waals surface area contributed by atoms with Gasteiger partial charge >= 0.3 is 0 Å². The number of halogens is 2. The molecule has 2 aromatic carbocycles. The van der Waals surface area contributed by atoms with E-state index in [0.717, 1.165) is 0 Å². The van der Waals surface area contributed by atoms with Crippen molar-refractivity contribution < 1.29 is 23.4 Å². The number of hydrogen-bond acceptors (Lipinski definition) is 4. The Hall–Kier alpha value is -2.28. The number of benzene rings is 2. The van der Waals surface area contributed by atoms with E-state index in [9.17, 15) is 9.18 Å². The number of hydrogen-bond donors (Lipinski definition) is 1. The van der Waals surface area contributed by atoms with Crippen LogP contribution in [0.5, 0.6) is 17.2 Å². The zero-order valence-corrected chi connectivity index (χ0v) is 14.4. The van der Waals surface area contributed by atoms with Crippen molar-refractivity contribution in [2.24, 2.45) is 0 Å². The van der Waals surface area contributed by atoms with Gasteiger partial charge in [-0.1, -0.05) is 0 Å². The van der Waals surface area contributed by atoms with Gasteiger partial charge in [0.1, 0.15) is 24.8 Å². The minimum absolute atomic E-state index is 0.331. The number of amides is 1. The van der Waals surface area contributed by atoms with Crippen molar-refractivity contribution in [1.82, 2.24) is 0 Å². The highest BCUT2D eigenvalue weighted by molar-refractivity contribution is 9.10. The molecule has 2 aromatic rings. The summed E-state index contributed by atoms with van der Waals surface area (Å²) in [6, 6.07) is 9.19. The Labute approximate surface area is 146 Å². The van der Waals surface area contributed by atoms with Gasteiger partial charge in [0.05, 0.1) is 4.47 Å². The Balaban J connectivity index is 1.65. The molecule has 1 aliphatic rings. The average Bonchev–Trinajstić information content (AvgIpc) is 2.57. The second-order valence-corrected chi connectivity index (χ2v) is 6.04. The fraction of sp³-hybridized carbons (Fsp3) is 0.235. The van der Waals surface area contributed by atoms with Gasteiger partial charge in [-0.2, -0.15) is 0 Å². The summed E-state index contributed by atoms with van der Waals surface area (Å²) in [5.41, 5.74) is 0.581. The third-order valence-corrected chi connectivity index (χ3v) is 4.00. The molecule has 24 heavy (non-hydrogen) atoms. The molecule has 0 saturated heterocycles. The fourth-order valence-electron chi connectivity index (χ4n) is 2.18. The van der Waals surface area contributed by atoms with Crippen LogP contribution in [0.4, 0.5) is 10.1 Å². The lowest BCUT2D eigenvalue weighted by Crippen LogP contribution is -2.30. The van der Waals surface area contributed by atoms with Gasteiger partial charge in [0.25, 0.3) is 5.91 Å². The predicted molar refractivity (Wildman–Crippen MR) is 90.3 cm³/mol. The second kappa shape index (κ2) is 7.09. The highest BCUT2D eigenvalue weighted by Gasteiger charge is 2.18. The number of ether oxygens (including phenoxy) is 3. The van der Waals surface area contributed by atoms with Crippen molar-refractivity contribution >= 4 is 27.5 Å². The highest BCUT2D eigenvalue weighted by atomic mass is 79.9. The lowest BCUT2D eigenvalue weighted by Gasteiger charge is -2.20. The number of anilines is 1. The predicted octanol–water partition coefficient (Wildman–Crippen LogP) is 3.77. The molecule has 1 N–H and O–H groups in total. The van der Waals surface area contributed by atoms with Gasteiger partial charge in [0, 0.05) is 11.8 Å². The van der Waals surface area contributed by atoms with Crippen LogP contribution in [0.2, 0.25) is 0 Å². The van der Waals surface area contributed by atoms with Crippen molar-refractivity contribution in [2.45, 2.75) is 13.0 Å². The van der Waals surface area contributed by atoms with Crippen molar-refractivity contribution in [3.05, 3.63) is 46.7 Å². The molecule has 0 bridgehead atoms. The van der Waals surface area contributed by atoms with E-state index in [2.05, 4.69) is 21.2 Å². The van der Waals surface area contributed by atoms with Crippen LogP contribution in [0.15, 0.2) is 40.9 Å².